The maximum atomic E-state index is 12.2. The highest BCUT2D eigenvalue weighted by molar-refractivity contribution is 5.79. The van der Waals surface area contributed by atoms with Crippen LogP contribution >= 0.6 is 0 Å². The molecule has 0 radical (unpaired) electrons. The van der Waals surface area contributed by atoms with Crippen LogP contribution in [0.4, 0.5) is 4.79 Å². The molecule has 6 heteroatoms. The molecule has 2 aliphatic rings. The molecule has 1 N–H and O–H groups in total. The molecule has 0 saturated carbocycles. The van der Waals surface area contributed by atoms with E-state index in [1.165, 1.54) is 11.1 Å². The Kier molecular flexibility index (Phi) is 4.86. The van der Waals surface area contributed by atoms with Gasteiger partial charge in [-0.05, 0) is 63.3 Å². The molecule has 142 valence electrons. The molecule has 0 bridgehead atoms. The molecule has 1 heterocycles. The van der Waals surface area contributed by atoms with Crippen molar-refractivity contribution in [1.29, 1.82) is 0 Å². The zero-order chi connectivity index (χ0) is 18.9. The first-order valence-corrected chi connectivity index (χ1v) is 9.21. The van der Waals surface area contributed by atoms with Gasteiger partial charge in [-0.2, -0.15) is 0 Å². The van der Waals surface area contributed by atoms with Crippen LogP contribution in [-0.4, -0.2) is 46.4 Å². The molecular formula is C20H27NO5. The largest absolute Gasteiger partial charge is 0.478 e. The van der Waals surface area contributed by atoms with Crippen LogP contribution in [0.15, 0.2) is 18.2 Å². The van der Waals surface area contributed by atoms with E-state index >= 15 is 0 Å². The fourth-order valence-corrected chi connectivity index (χ4v) is 3.57. The highest BCUT2D eigenvalue weighted by Gasteiger charge is 2.45. The minimum Gasteiger partial charge on any atom is -0.478 e. The molecule has 1 aromatic rings. The van der Waals surface area contributed by atoms with Gasteiger partial charge in [-0.1, -0.05) is 6.07 Å². The summed E-state index contributed by atoms with van der Waals surface area (Å²) in [6, 6.07) is 5.85. The van der Waals surface area contributed by atoms with Crippen molar-refractivity contribution < 1.29 is 24.2 Å². The van der Waals surface area contributed by atoms with Gasteiger partial charge in [0.2, 0.25) is 5.60 Å². The standard InChI is InChI=1S/C20H27NO5/c1-19(2,3)26-18(24)21-11-9-20(10-12-21,17(22)23)25-16-8-7-14-5-4-6-15(14)13-16/h7-8,13H,4-6,9-12H2,1-3H3,(H,22,23). The number of ether oxygens (including phenoxy) is 2. The van der Waals surface area contributed by atoms with Crippen molar-refractivity contribution in [1.82, 2.24) is 4.90 Å². The number of piperidine rings is 1. The Morgan fingerprint density at radius 1 is 1.12 bits per heavy atom. The van der Waals surface area contributed by atoms with E-state index in [0.29, 0.717) is 18.8 Å². The molecule has 1 saturated heterocycles. The van der Waals surface area contributed by atoms with Crippen LogP contribution in [0.1, 0.15) is 51.2 Å². The predicted molar refractivity (Wildman–Crippen MR) is 96.5 cm³/mol. The number of amides is 1. The molecule has 26 heavy (non-hydrogen) atoms. The van der Waals surface area contributed by atoms with Crippen molar-refractivity contribution in [3.8, 4) is 5.75 Å². The van der Waals surface area contributed by atoms with Crippen molar-refractivity contribution in [3.63, 3.8) is 0 Å². The van der Waals surface area contributed by atoms with Gasteiger partial charge in [-0.3, -0.25) is 0 Å². The fourth-order valence-electron chi connectivity index (χ4n) is 3.57. The zero-order valence-electron chi connectivity index (χ0n) is 15.7. The second-order valence-electron chi connectivity index (χ2n) is 8.15. The number of nitrogens with zero attached hydrogens (tertiary/aromatic N) is 1. The van der Waals surface area contributed by atoms with Crippen molar-refractivity contribution >= 4 is 12.1 Å². The molecule has 3 rings (SSSR count). The third-order valence-electron chi connectivity index (χ3n) is 5.00. The summed E-state index contributed by atoms with van der Waals surface area (Å²) >= 11 is 0. The van der Waals surface area contributed by atoms with Gasteiger partial charge in [0.05, 0.1) is 0 Å². The summed E-state index contributed by atoms with van der Waals surface area (Å²) in [5.41, 5.74) is 0.695. The molecule has 0 spiro atoms. The number of carboxylic acids is 1. The average molecular weight is 361 g/mol. The van der Waals surface area contributed by atoms with Gasteiger partial charge >= 0.3 is 12.1 Å². The SMILES string of the molecule is CC(C)(C)OC(=O)N1CCC(Oc2ccc3c(c2)CCC3)(C(=O)O)CC1. The Balaban J connectivity index is 1.69. The van der Waals surface area contributed by atoms with Crippen molar-refractivity contribution in [2.24, 2.45) is 0 Å². The Hall–Kier alpha value is -2.24. The maximum Gasteiger partial charge on any atom is 0.410 e. The van der Waals surface area contributed by atoms with Gasteiger partial charge in [-0.25, -0.2) is 9.59 Å². The Morgan fingerprint density at radius 2 is 1.77 bits per heavy atom. The topological polar surface area (TPSA) is 76.1 Å². The Bertz CT molecular complexity index is 699. The lowest BCUT2D eigenvalue weighted by molar-refractivity contribution is -0.159. The zero-order valence-corrected chi connectivity index (χ0v) is 15.7. The van der Waals surface area contributed by atoms with E-state index in [2.05, 4.69) is 0 Å². The summed E-state index contributed by atoms with van der Waals surface area (Å²) in [4.78, 5) is 25.7. The predicted octanol–water partition coefficient (Wildman–Crippen LogP) is 3.41. The van der Waals surface area contributed by atoms with E-state index in [0.717, 1.165) is 19.3 Å². The normalized spacial score (nSPS) is 19.0. The lowest BCUT2D eigenvalue weighted by atomic mass is 9.91. The number of benzene rings is 1. The van der Waals surface area contributed by atoms with Crippen LogP contribution in [0.3, 0.4) is 0 Å². The third-order valence-corrected chi connectivity index (χ3v) is 5.00. The van der Waals surface area contributed by atoms with Gasteiger partial charge in [0.25, 0.3) is 0 Å². The summed E-state index contributed by atoms with van der Waals surface area (Å²) in [5, 5.41) is 9.80. The number of aryl methyl sites for hydroxylation is 2. The van der Waals surface area contributed by atoms with Crippen molar-refractivity contribution in [3.05, 3.63) is 29.3 Å². The molecule has 0 unspecified atom stereocenters. The molecule has 0 aromatic heterocycles. The number of rotatable bonds is 3. The van der Waals surface area contributed by atoms with Crippen LogP contribution in [0.25, 0.3) is 0 Å². The highest BCUT2D eigenvalue weighted by atomic mass is 16.6. The van der Waals surface area contributed by atoms with E-state index in [1.807, 2.05) is 39.0 Å². The third kappa shape index (κ3) is 3.94. The van der Waals surface area contributed by atoms with Gasteiger partial charge in [0.1, 0.15) is 11.4 Å². The maximum absolute atomic E-state index is 12.2. The number of carbonyl (C=O) groups excluding carboxylic acids is 1. The number of hydrogen-bond acceptors (Lipinski definition) is 4. The molecule has 1 aromatic carbocycles. The summed E-state index contributed by atoms with van der Waals surface area (Å²) in [6.07, 6.45) is 3.28. The van der Waals surface area contributed by atoms with Gasteiger partial charge in [-0.15, -0.1) is 0 Å². The quantitative estimate of drug-likeness (QED) is 0.893. The number of carboxylic acid groups (broad SMARTS) is 1. The van der Waals surface area contributed by atoms with Crippen LogP contribution < -0.4 is 4.74 Å². The Labute approximate surface area is 154 Å². The van der Waals surface area contributed by atoms with E-state index in [-0.39, 0.29) is 12.8 Å². The van der Waals surface area contributed by atoms with Crippen molar-refractivity contribution in [2.75, 3.05) is 13.1 Å². The smallest absolute Gasteiger partial charge is 0.410 e. The molecule has 1 amide bonds. The molecule has 6 nitrogen and oxygen atoms in total. The molecule has 1 aliphatic carbocycles. The van der Waals surface area contributed by atoms with Gasteiger partial charge in [0, 0.05) is 25.9 Å². The lowest BCUT2D eigenvalue weighted by Gasteiger charge is -2.39. The summed E-state index contributed by atoms with van der Waals surface area (Å²) in [7, 11) is 0. The first kappa shape index (κ1) is 18.5. The summed E-state index contributed by atoms with van der Waals surface area (Å²) in [5.74, 6) is -0.388. The summed E-state index contributed by atoms with van der Waals surface area (Å²) < 4.78 is 11.4. The Morgan fingerprint density at radius 3 is 2.38 bits per heavy atom. The minimum atomic E-state index is -1.30. The molecule has 1 aliphatic heterocycles. The van der Waals surface area contributed by atoms with Gasteiger partial charge in [0.15, 0.2) is 0 Å². The molecule has 0 atom stereocenters. The number of likely N-dealkylation sites (tertiary alicyclic amines) is 1. The van der Waals surface area contributed by atoms with E-state index in [4.69, 9.17) is 9.47 Å². The van der Waals surface area contributed by atoms with Gasteiger partial charge < -0.3 is 19.5 Å². The second-order valence-corrected chi connectivity index (χ2v) is 8.15. The van der Waals surface area contributed by atoms with Crippen molar-refractivity contribution in [2.45, 2.75) is 64.1 Å². The van der Waals surface area contributed by atoms with Crippen LogP contribution in [0, 0.1) is 0 Å². The highest BCUT2D eigenvalue weighted by Crippen LogP contribution is 2.33. The number of hydrogen-bond donors (Lipinski definition) is 1. The first-order chi connectivity index (χ1) is 12.2. The fraction of sp³-hybridized carbons (Fsp3) is 0.600. The number of aliphatic carboxylic acids is 1. The number of carbonyl (C=O) groups is 2. The average Bonchev–Trinajstić information content (AvgIpc) is 3.01. The van der Waals surface area contributed by atoms with Crippen LogP contribution in [0.5, 0.6) is 5.75 Å². The summed E-state index contributed by atoms with van der Waals surface area (Å²) in [6.45, 7) is 6.03. The monoisotopic (exact) mass is 361 g/mol. The molecule has 1 fully saturated rings. The van der Waals surface area contributed by atoms with Crippen LogP contribution in [0.2, 0.25) is 0 Å². The van der Waals surface area contributed by atoms with E-state index in [9.17, 15) is 14.7 Å². The minimum absolute atomic E-state index is 0.235. The molecular weight excluding hydrogens is 334 g/mol. The van der Waals surface area contributed by atoms with E-state index < -0.39 is 23.3 Å². The lowest BCUT2D eigenvalue weighted by Crippen LogP contribution is -2.54. The van der Waals surface area contributed by atoms with Crippen LogP contribution in [-0.2, 0) is 22.4 Å². The second kappa shape index (κ2) is 6.82. The number of fused-ring (bicyclic) bond motifs is 1. The van der Waals surface area contributed by atoms with E-state index in [1.54, 1.807) is 4.90 Å². The first-order valence-electron chi connectivity index (χ1n) is 9.21.